The second-order valence-corrected chi connectivity index (χ2v) is 6.04. The molecule has 1 saturated carbocycles. The molecule has 3 nitrogen and oxygen atoms in total. The number of hydrogen-bond acceptors (Lipinski definition) is 3. The van der Waals surface area contributed by atoms with Gasteiger partial charge in [-0.2, -0.15) is 0 Å². The molecule has 1 heterocycles. The maximum atomic E-state index is 10.2. The Bertz CT molecular complexity index is 446. The number of nitrogens with zero attached hydrogens (tertiary/aromatic N) is 1. The van der Waals surface area contributed by atoms with Crippen molar-refractivity contribution in [2.45, 2.75) is 32.2 Å². The first-order chi connectivity index (χ1) is 9.24. The number of phenols is 1. The Labute approximate surface area is 139 Å². The summed E-state index contributed by atoms with van der Waals surface area (Å²) in [5.74, 6) is 1.34. The smallest absolute Gasteiger partial charge is 0.120 e. The highest BCUT2D eigenvalue weighted by Gasteiger charge is 2.31. The lowest BCUT2D eigenvalue weighted by molar-refractivity contribution is 0.158. The number of rotatable bonds is 4. The van der Waals surface area contributed by atoms with E-state index in [-0.39, 0.29) is 24.8 Å². The predicted octanol–water partition coefficient (Wildman–Crippen LogP) is 3.29. The van der Waals surface area contributed by atoms with E-state index in [9.17, 15) is 5.11 Å². The van der Waals surface area contributed by atoms with Crippen LogP contribution in [0.15, 0.2) is 18.2 Å². The Morgan fingerprint density at radius 1 is 1.24 bits per heavy atom. The number of halogens is 2. The quantitative estimate of drug-likeness (QED) is 0.888. The van der Waals surface area contributed by atoms with Gasteiger partial charge in [-0.15, -0.1) is 24.8 Å². The topological polar surface area (TPSA) is 35.5 Å². The molecule has 0 aromatic heterocycles. The molecule has 0 radical (unpaired) electrons. The molecule has 3 rings (SSSR count). The molecule has 1 aliphatic heterocycles. The summed E-state index contributed by atoms with van der Waals surface area (Å²) in [6, 6.07) is 6.41. The number of aryl methyl sites for hydroxylation is 1. The zero-order valence-corrected chi connectivity index (χ0v) is 14.2. The fourth-order valence-electron chi connectivity index (χ4n) is 3.08. The fourth-order valence-corrected chi connectivity index (χ4v) is 3.08. The van der Waals surface area contributed by atoms with Gasteiger partial charge in [-0.25, -0.2) is 0 Å². The van der Waals surface area contributed by atoms with Crippen molar-refractivity contribution in [2.24, 2.45) is 5.92 Å². The number of phenolic OH excluding ortho intramolecular Hbond substituents is 1. The number of piperazine rings is 1. The summed E-state index contributed by atoms with van der Waals surface area (Å²) in [5, 5.41) is 13.6. The lowest BCUT2D eigenvalue weighted by Crippen LogP contribution is -2.45. The van der Waals surface area contributed by atoms with Crippen molar-refractivity contribution in [2.75, 3.05) is 26.2 Å². The molecule has 5 heteroatoms. The maximum absolute atomic E-state index is 10.2. The van der Waals surface area contributed by atoms with Gasteiger partial charge >= 0.3 is 0 Å². The van der Waals surface area contributed by atoms with Gasteiger partial charge in [0.25, 0.3) is 0 Å². The normalized spacial score (nSPS) is 20.2. The Balaban J connectivity index is 0.00000110. The minimum atomic E-state index is 0. The molecule has 1 saturated heterocycles. The van der Waals surface area contributed by atoms with Crippen LogP contribution >= 0.6 is 24.8 Å². The number of aromatic hydroxyl groups is 1. The van der Waals surface area contributed by atoms with Gasteiger partial charge in [-0.1, -0.05) is 30.5 Å². The average molecular weight is 333 g/mol. The zero-order chi connectivity index (χ0) is 13.2. The highest BCUT2D eigenvalue weighted by molar-refractivity contribution is 5.85. The van der Waals surface area contributed by atoms with Crippen LogP contribution in [0.3, 0.4) is 0 Å². The van der Waals surface area contributed by atoms with Crippen LogP contribution in [0.4, 0.5) is 0 Å². The van der Waals surface area contributed by atoms with Gasteiger partial charge in [0.15, 0.2) is 0 Å². The van der Waals surface area contributed by atoms with Crippen molar-refractivity contribution in [3.8, 4) is 5.75 Å². The molecule has 21 heavy (non-hydrogen) atoms. The molecule has 120 valence electrons. The van der Waals surface area contributed by atoms with Crippen LogP contribution < -0.4 is 5.32 Å². The summed E-state index contributed by atoms with van der Waals surface area (Å²) in [4.78, 5) is 2.54. The van der Waals surface area contributed by atoms with Gasteiger partial charge in [0, 0.05) is 37.8 Å². The van der Waals surface area contributed by atoms with Gasteiger partial charge in [0.05, 0.1) is 0 Å². The molecule has 2 N–H and O–H groups in total. The van der Waals surface area contributed by atoms with Crippen molar-refractivity contribution in [3.05, 3.63) is 29.3 Å². The third kappa shape index (κ3) is 4.75. The van der Waals surface area contributed by atoms with E-state index in [1.165, 1.54) is 24.8 Å². The summed E-state index contributed by atoms with van der Waals surface area (Å²) in [7, 11) is 0. The number of benzene rings is 1. The Morgan fingerprint density at radius 2 is 1.90 bits per heavy atom. The van der Waals surface area contributed by atoms with Gasteiger partial charge < -0.3 is 10.4 Å². The maximum Gasteiger partial charge on any atom is 0.120 e. The standard InChI is InChI=1S/C16H24N2O.2ClH/c1-12-2-5-16(19)14(10-12)15(11-13-3-4-13)18-8-6-17-7-9-18;;/h2,5,10,13,15,17,19H,3-4,6-9,11H2,1H3;2*1H/t15-;;/m0../s1. The minimum absolute atomic E-state index is 0. The first-order valence-electron chi connectivity index (χ1n) is 7.48. The Hall–Kier alpha value is -0.480. The van der Waals surface area contributed by atoms with Crippen LogP contribution in [-0.4, -0.2) is 36.2 Å². The van der Waals surface area contributed by atoms with E-state index >= 15 is 0 Å². The van der Waals surface area contributed by atoms with Gasteiger partial charge in [-0.05, 0) is 25.3 Å². The van der Waals surface area contributed by atoms with Crippen LogP contribution in [0.25, 0.3) is 0 Å². The van der Waals surface area contributed by atoms with Crippen molar-refractivity contribution in [1.82, 2.24) is 10.2 Å². The zero-order valence-electron chi connectivity index (χ0n) is 12.5. The third-order valence-corrected chi connectivity index (χ3v) is 4.39. The van der Waals surface area contributed by atoms with Gasteiger partial charge in [0.2, 0.25) is 0 Å². The van der Waals surface area contributed by atoms with E-state index in [1.54, 1.807) is 0 Å². The monoisotopic (exact) mass is 332 g/mol. The van der Waals surface area contributed by atoms with Crippen LogP contribution in [0, 0.1) is 12.8 Å². The summed E-state index contributed by atoms with van der Waals surface area (Å²) in [6.45, 7) is 6.41. The summed E-state index contributed by atoms with van der Waals surface area (Å²) in [6.07, 6.45) is 3.95. The molecular weight excluding hydrogens is 307 g/mol. The second kappa shape index (κ2) is 8.23. The van der Waals surface area contributed by atoms with E-state index in [2.05, 4.69) is 23.2 Å². The minimum Gasteiger partial charge on any atom is -0.508 e. The number of nitrogens with one attached hydrogen (secondary N) is 1. The molecule has 2 fully saturated rings. The van der Waals surface area contributed by atoms with E-state index < -0.39 is 0 Å². The number of hydrogen-bond donors (Lipinski definition) is 2. The molecule has 0 unspecified atom stereocenters. The van der Waals surface area contributed by atoms with Crippen molar-refractivity contribution < 1.29 is 5.11 Å². The Morgan fingerprint density at radius 3 is 2.52 bits per heavy atom. The van der Waals surface area contributed by atoms with Crippen LogP contribution in [0.5, 0.6) is 5.75 Å². The van der Waals surface area contributed by atoms with E-state index in [4.69, 9.17) is 0 Å². The second-order valence-electron chi connectivity index (χ2n) is 6.04. The lowest BCUT2D eigenvalue weighted by Gasteiger charge is -2.35. The molecule has 2 aliphatic rings. The summed E-state index contributed by atoms with van der Waals surface area (Å²) in [5.41, 5.74) is 2.37. The van der Waals surface area contributed by atoms with Gasteiger partial charge in [0.1, 0.15) is 5.75 Å². The SMILES string of the molecule is Cc1ccc(O)c([C@H](CC2CC2)N2CCNCC2)c1.Cl.Cl. The molecular formula is C16H26Cl2N2O. The fraction of sp³-hybridized carbons (Fsp3) is 0.625. The lowest BCUT2D eigenvalue weighted by atomic mass is 9.96. The van der Waals surface area contributed by atoms with E-state index in [1.807, 2.05) is 12.1 Å². The molecule has 1 atom stereocenters. The summed E-state index contributed by atoms with van der Waals surface area (Å²) < 4.78 is 0. The average Bonchev–Trinajstić information content (AvgIpc) is 3.24. The largest absolute Gasteiger partial charge is 0.508 e. The highest BCUT2D eigenvalue weighted by Crippen LogP contribution is 2.42. The van der Waals surface area contributed by atoms with Crippen molar-refractivity contribution in [3.63, 3.8) is 0 Å². The molecule has 1 aromatic rings. The molecule has 0 bridgehead atoms. The van der Waals surface area contributed by atoms with Crippen LogP contribution in [0.2, 0.25) is 0 Å². The van der Waals surface area contributed by atoms with Crippen molar-refractivity contribution >= 4 is 24.8 Å². The predicted molar refractivity (Wildman–Crippen MR) is 91.9 cm³/mol. The highest BCUT2D eigenvalue weighted by atomic mass is 35.5. The first-order valence-corrected chi connectivity index (χ1v) is 7.48. The molecule has 1 aliphatic carbocycles. The Kier molecular flexibility index (Phi) is 7.28. The third-order valence-electron chi connectivity index (χ3n) is 4.39. The van der Waals surface area contributed by atoms with Gasteiger partial charge in [-0.3, -0.25) is 4.90 Å². The molecule has 1 aromatic carbocycles. The molecule has 0 spiro atoms. The molecule has 0 amide bonds. The van der Waals surface area contributed by atoms with E-state index in [0.717, 1.165) is 37.7 Å². The van der Waals surface area contributed by atoms with Crippen LogP contribution in [-0.2, 0) is 0 Å². The van der Waals surface area contributed by atoms with Crippen LogP contribution in [0.1, 0.15) is 36.4 Å². The summed E-state index contributed by atoms with van der Waals surface area (Å²) >= 11 is 0. The van der Waals surface area contributed by atoms with E-state index in [0.29, 0.717) is 11.8 Å². The first kappa shape index (κ1) is 18.6. The van der Waals surface area contributed by atoms with Crippen molar-refractivity contribution in [1.29, 1.82) is 0 Å².